The van der Waals surface area contributed by atoms with Gasteiger partial charge in [-0.1, -0.05) is 0 Å². The van der Waals surface area contributed by atoms with E-state index in [1.54, 1.807) is 22.3 Å². The van der Waals surface area contributed by atoms with Gasteiger partial charge in [0.1, 0.15) is 0 Å². The van der Waals surface area contributed by atoms with Gasteiger partial charge in [-0.2, -0.15) is 0 Å². The standard InChI is InChI=1S/C38H38Si.2CH3.Hf/c1-7-20-39(6,31-21-29-14-10-18-35(37(29)23-31)33-16-8-12-25(2)27(33)4)32-22-30-15-11-19-36(38(30)24-32)34-17-9-13-26(3)28(34)5;;;/h8-19,21-24H,7,20H2,1-6H3;2*1H3;. The molecule has 4 aromatic rings. The van der Waals surface area contributed by atoms with E-state index in [1.165, 1.54) is 57.0 Å². The van der Waals surface area contributed by atoms with E-state index in [4.69, 9.17) is 0 Å². The molecule has 1 saturated heterocycles. The summed E-state index contributed by atoms with van der Waals surface area (Å²) in [5.41, 5.74) is 17.7. The first kappa shape index (κ1) is 28.2. The molecule has 4 aromatic carbocycles. The summed E-state index contributed by atoms with van der Waals surface area (Å²) in [5.74, 6) is 0. The van der Waals surface area contributed by atoms with Crippen LogP contribution in [0.25, 0.3) is 34.4 Å². The summed E-state index contributed by atoms with van der Waals surface area (Å²) in [6, 6.07) is 29.6. The molecule has 0 saturated carbocycles. The van der Waals surface area contributed by atoms with Crippen molar-refractivity contribution in [2.45, 2.75) is 70.3 Å². The molecule has 2 atom stereocenters. The quantitative estimate of drug-likeness (QED) is 0.183. The van der Waals surface area contributed by atoms with Crippen molar-refractivity contribution < 1.29 is 20.0 Å². The molecule has 2 aliphatic carbocycles. The number of fused-ring (bicyclic) bond motifs is 6. The summed E-state index contributed by atoms with van der Waals surface area (Å²) >= 11 is -3.04. The predicted octanol–water partition coefficient (Wildman–Crippen LogP) is 11.7. The van der Waals surface area contributed by atoms with Gasteiger partial charge in [0.15, 0.2) is 0 Å². The molecule has 0 bridgehead atoms. The second-order valence-corrected chi connectivity index (χ2v) is 35.6. The summed E-state index contributed by atoms with van der Waals surface area (Å²) in [7, 11) is -1.90. The van der Waals surface area contributed by atoms with Gasteiger partial charge >= 0.3 is 260 Å². The molecule has 0 spiro atoms. The predicted molar refractivity (Wildman–Crippen MR) is 183 cm³/mol. The topological polar surface area (TPSA) is 0 Å². The summed E-state index contributed by atoms with van der Waals surface area (Å²) in [6.45, 7) is 14.3. The van der Waals surface area contributed by atoms with Crippen molar-refractivity contribution in [2.24, 2.45) is 0 Å². The minimum atomic E-state index is -3.04. The summed E-state index contributed by atoms with van der Waals surface area (Å²) < 4.78 is 6.95. The van der Waals surface area contributed by atoms with E-state index in [2.05, 4.69) is 135 Å². The van der Waals surface area contributed by atoms with Crippen molar-refractivity contribution in [1.29, 1.82) is 0 Å². The van der Waals surface area contributed by atoms with Crippen molar-refractivity contribution in [3.8, 4) is 22.3 Å². The minimum absolute atomic E-state index is 0.679. The Balaban J connectivity index is 1.47. The molecule has 3 aliphatic rings. The van der Waals surface area contributed by atoms with Crippen LogP contribution >= 0.6 is 0 Å². The first-order valence-electron chi connectivity index (χ1n) is 15.9. The van der Waals surface area contributed by atoms with E-state index in [1.807, 2.05) is 10.4 Å². The zero-order chi connectivity index (χ0) is 29.6. The summed E-state index contributed by atoms with van der Waals surface area (Å²) in [5, 5.41) is 3.74. The number of benzene rings is 4. The van der Waals surface area contributed by atoms with E-state index in [9.17, 15) is 0 Å². The SMILES string of the molecule is CCC[Si]1(C)C2=Cc3c(-c4cccc(C)c4C)cccc3[CH]2[Hf]([CH3])([CH3])[CH]2C1=Cc1c(-c3cccc(C)c3C)cccc12. The molecule has 0 nitrogen and oxygen atoms in total. The maximum absolute atomic E-state index is 3.04. The fraction of sp³-hybridized carbons (Fsp3) is 0.300. The molecule has 42 heavy (non-hydrogen) atoms. The van der Waals surface area contributed by atoms with Gasteiger partial charge in [0.25, 0.3) is 0 Å². The van der Waals surface area contributed by atoms with E-state index >= 15 is 0 Å². The Morgan fingerprint density at radius 1 is 0.595 bits per heavy atom. The van der Waals surface area contributed by atoms with E-state index in [0.29, 0.717) is 7.35 Å². The van der Waals surface area contributed by atoms with Gasteiger partial charge in [-0.25, -0.2) is 0 Å². The van der Waals surface area contributed by atoms with Crippen LogP contribution in [0.5, 0.6) is 0 Å². The number of allylic oxidation sites excluding steroid dienone is 2. The van der Waals surface area contributed by atoms with Gasteiger partial charge < -0.3 is 0 Å². The van der Waals surface area contributed by atoms with Crippen LogP contribution in [0.1, 0.15) is 65.2 Å². The fourth-order valence-electron chi connectivity index (χ4n) is 9.04. The molecule has 0 amide bonds. The second kappa shape index (κ2) is 9.99. The molecule has 0 radical (unpaired) electrons. The van der Waals surface area contributed by atoms with Crippen molar-refractivity contribution >= 4 is 20.2 Å². The van der Waals surface area contributed by atoms with Gasteiger partial charge in [0.05, 0.1) is 0 Å². The van der Waals surface area contributed by atoms with Crippen LogP contribution in [0, 0.1) is 27.7 Å². The van der Waals surface area contributed by atoms with Crippen LogP contribution in [0.4, 0.5) is 0 Å². The molecule has 212 valence electrons. The molecular formula is C40H44HfSi. The van der Waals surface area contributed by atoms with Crippen LogP contribution < -0.4 is 0 Å². The molecule has 1 aliphatic heterocycles. The van der Waals surface area contributed by atoms with E-state index in [-0.39, 0.29) is 0 Å². The third-order valence-corrected chi connectivity index (χ3v) is 33.6. The van der Waals surface area contributed by atoms with Gasteiger partial charge in [0, 0.05) is 0 Å². The van der Waals surface area contributed by atoms with E-state index in [0.717, 1.165) is 0 Å². The average molecular weight is 731 g/mol. The van der Waals surface area contributed by atoms with Gasteiger partial charge in [0.2, 0.25) is 0 Å². The van der Waals surface area contributed by atoms with Crippen LogP contribution in [-0.2, 0) is 20.0 Å². The van der Waals surface area contributed by atoms with Crippen LogP contribution in [-0.4, -0.2) is 8.07 Å². The van der Waals surface area contributed by atoms with Crippen molar-refractivity contribution in [3.63, 3.8) is 0 Å². The number of hydrogen-bond acceptors (Lipinski definition) is 0. The van der Waals surface area contributed by atoms with Gasteiger partial charge in [-0.15, -0.1) is 0 Å². The molecule has 2 unspecified atom stereocenters. The Morgan fingerprint density at radius 3 is 1.43 bits per heavy atom. The number of aryl methyl sites for hydroxylation is 2. The van der Waals surface area contributed by atoms with Crippen molar-refractivity contribution in [2.75, 3.05) is 0 Å². The molecular weight excluding hydrogens is 687 g/mol. The third kappa shape index (κ3) is 3.87. The normalized spacial score (nSPS) is 23.0. The van der Waals surface area contributed by atoms with Crippen molar-refractivity contribution in [1.82, 2.24) is 0 Å². The molecule has 1 heterocycles. The van der Waals surface area contributed by atoms with Crippen LogP contribution in [0.15, 0.2) is 83.2 Å². The third-order valence-electron chi connectivity index (χ3n) is 11.4. The molecule has 2 heteroatoms. The van der Waals surface area contributed by atoms with Crippen molar-refractivity contribution in [3.05, 3.63) is 128 Å². The zero-order valence-corrected chi connectivity index (χ0v) is 31.2. The zero-order valence-electron chi connectivity index (χ0n) is 26.7. The van der Waals surface area contributed by atoms with Gasteiger partial charge in [-0.05, 0) is 0 Å². The number of rotatable bonds is 4. The Labute approximate surface area is 258 Å². The monoisotopic (exact) mass is 732 g/mol. The number of hydrogen-bond donors (Lipinski definition) is 0. The van der Waals surface area contributed by atoms with Crippen LogP contribution in [0.2, 0.25) is 22.0 Å². The van der Waals surface area contributed by atoms with Gasteiger partial charge in [-0.3, -0.25) is 0 Å². The Morgan fingerprint density at radius 2 is 1.00 bits per heavy atom. The van der Waals surface area contributed by atoms with E-state index < -0.39 is 28.0 Å². The first-order valence-corrected chi connectivity index (χ1v) is 30.0. The average Bonchev–Trinajstić information content (AvgIpc) is 3.57. The summed E-state index contributed by atoms with van der Waals surface area (Å²) in [6.07, 6.45) is 6.74. The first-order chi connectivity index (χ1) is 20.1. The molecule has 0 N–H and O–H groups in total. The Hall–Kier alpha value is -2.55. The summed E-state index contributed by atoms with van der Waals surface area (Å²) in [4.78, 5) is 0. The fourth-order valence-corrected chi connectivity index (χ4v) is 41.5. The molecule has 1 fully saturated rings. The van der Waals surface area contributed by atoms with Crippen LogP contribution in [0.3, 0.4) is 0 Å². The maximum atomic E-state index is 2.79. The molecule has 7 rings (SSSR count). The second-order valence-electron chi connectivity index (χ2n) is 14.1. The molecule has 0 aromatic heterocycles. The Bertz CT molecular complexity index is 1710. The Kier molecular flexibility index (Phi) is 6.72.